The van der Waals surface area contributed by atoms with E-state index in [1.807, 2.05) is 0 Å². The summed E-state index contributed by atoms with van der Waals surface area (Å²) in [5, 5.41) is 16.2. The fourth-order valence-corrected chi connectivity index (χ4v) is 3.20. The predicted molar refractivity (Wildman–Crippen MR) is 103 cm³/mol. The average molecular weight is 407 g/mol. The molecule has 0 bridgehead atoms. The number of methoxy groups -OCH3 is 1. The van der Waals surface area contributed by atoms with Gasteiger partial charge in [0.1, 0.15) is 6.54 Å². The van der Waals surface area contributed by atoms with E-state index in [1.165, 1.54) is 19.2 Å². The molecule has 1 saturated carbocycles. The molecule has 1 fully saturated rings. The second-order valence-electron chi connectivity index (χ2n) is 6.92. The van der Waals surface area contributed by atoms with E-state index < -0.39 is 30.0 Å². The number of nitrogens with one attached hydrogen (secondary N) is 2. The third kappa shape index (κ3) is 6.44. The molecule has 158 valence electrons. The van der Waals surface area contributed by atoms with Crippen molar-refractivity contribution in [1.29, 1.82) is 0 Å². The van der Waals surface area contributed by atoms with Crippen LogP contribution in [-0.2, 0) is 14.3 Å². The smallest absolute Gasteiger partial charge is 0.325 e. The fourth-order valence-electron chi connectivity index (χ4n) is 3.20. The Balaban J connectivity index is 1.78. The van der Waals surface area contributed by atoms with Gasteiger partial charge in [-0.1, -0.05) is 19.8 Å². The summed E-state index contributed by atoms with van der Waals surface area (Å²) in [5.74, 6) is -1.45. The molecule has 2 N–H and O–H groups in total. The third-order valence-electron chi connectivity index (χ3n) is 4.85. The molecule has 10 heteroatoms. The van der Waals surface area contributed by atoms with Gasteiger partial charge < -0.3 is 20.1 Å². The molecular weight excluding hydrogens is 382 g/mol. The molecule has 0 spiro atoms. The van der Waals surface area contributed by atoms with Gasteiger partial charge in [0.25, 0.3) is 11.8 Å². The van der Waals surface area contributed by atoms with Gasteiger partial charge in [-0.2, -0.15) is 0 Å². The molecule has 1 aliphatic rings. The number of hydrogen-bond acceptors (Lipinski definition) is 7. The number of benzene rings is 1. The number of esters is 1. The zero-order chi connectivity index (χ0) is 21.4. The minimum atomic E-state index is -0.784. The molecule has 29 heavy (non-hydrogen) atoms. The van der Waals surface area contributed by atoms with Crippen LogP contribution >= 0.6 is 0 Å². The van der Waals surface area contributed by atoms with Gasteiger partial charge >= 0.3 is 11.7 Å². The first-order valence-corrected chi connectivity index (χ1v) is 9.37. The lowest BCUT2D eigenvalue weighted by Crippen LogP contribution is -2.43. The van der Waals surface area contributed by atoms with Crippen LogP contribution in [-0.4, -0.2) is 49.0 Å². The van der Waals surface area contributed by atoms with E-state index in [0.717, 1.165) is 31.7 Å². The fraction of sp³-hybridized carbons (Fsp3) is 0.526. The highest BCUT2D eigenvalue weighted by Gasteiger charge is 2.23. The summed E-state index contributed by atoms with van der Waals surface area (Å²) in [7, 11) is 1.28. The van der Waals surface area contributed by atoms with E-state index in [1.54, 1.807) is 0 Å². The molecule has 0 heterocycles. The van der Waals surface area contributed by atoms with Crippen LogP contribution in [0.4, 0.5) is 5.69 Å². The van der Waals surface area contributed by atoms with Crippen LogP contribution in [0.25, 0.3) is 0 Å². The van der Waals surface area contributed by atoms with Crippen LogP contribution in [0.2, 0.25) is 0 Å². The number of ether oxygens (including phenoxy) is 2. The predicted octanol–water partition coefficient (Wildman–Crippen LogP) is 1.57. The van der Waals surface area contributed by atoms with Crippen molar-refractivity contribution in [2.45, 2.75) is 38.6 Å². The van der Waals surface area contributed by atoms with Crippen molar-refractivity contribution in [1.82, 2.24) is 10.6 Å². The largest absolute Gasteiger partial charge is 0.490 e. The average Bonchev–Trinajstić information content (AvgIpc) is 2.71. The topological polar surface area (TPSA) is 137 Å². The van der Waals surface area contributed by atoms with Crippen molar-refractivity contribution in [3.63, 3.8) is 0 Å². The third-order valence-corrected chi connectivity index (χ3v) is 4.85. The second-order valence-corrected chi connectivity index (χ2v) is 6.92. The number of hydrogen-bond donors (Lipinski definition) is 2. The maximum absolute atomic E-state index is 12.1. The molecule has 2 atom stereocenters. The van der Waals surface area contributed by atoms with Crippen LogP contribution in [0, 0.1) is 16.0 Å². The van der Waals surface area contributed by atoms with Gasteiger partial charge in [-0.15, -0.1) is 0 Å². The Kier molecular flexibility index (Phi) is 7.93. The molecule has 0 aromatic heterocycles. The molecule has 0 unspecified atom stereocenters. The minimum absolute atomic E-state index is 0.00525. The number of nitro benzene ring substituents is 1. The van der Waals surface area contributed by atoms with Gasteiger partial charge in [0.05, 0.1) is 12.0 Å². The number of rotatable bonds is 8. The maximum atomic E-state index is 12.1. The summed E-state index contributed by atoms with van der Waals surface area (Å²) in [4.78, 5) is 46.1. The molecule has 2 amide bonds. The lowest BCUT2D eigenvalue weighted by molar-refractivity contribution is -0.385. The van der Waals surface area contributed by atoms with Crippen molar-refractivity contribution in [3.05, 3.63) is 33.9 Å². The summed E-state index contributed by atoms with van der Waals surface area (Å²) < 4.78 is 9.74. The molecular formula is C19H25N3O7. The SMILES string of the molecule is COc1ccc(C(=O)NCC(=O)OCC(=O)N[C@@H]2CCCC[C@H]2C)cc1[N+](=O)[O-]. The first-order valence-electron chi connectivity index (χ1n) is 9.37. The van der Waals surface area contributed by atoms with E-state index >= 15 is 0 Å². The van der Waals surface area contributed by atoms with Gasteiger partial charge in [0.15, 0.2) is 12.4 Å². The van der Waals surface area contributed by atoms with Crippen molar-refractivity contribution < 1.29 is 28.8 Å². The first-order chi connectivity index (χ1) is 13.8. The van der Waals surface area contributed by atoms with Gasteiger partial charge in [-0.3, -0.25) is 24.5 Å². The number of carbonyl (C=O) groups is 3. The molecule has 0 radical (unpaired) electrons. The highest BCUT2D eigenvalue weighted by atomic mass is 16.6. The molecule has 1 aromatic carbocycles. The van der Waals surface area contributed by atoms with Gasteiger partial charge in [-0.05, 0) is 30.9 Å². The molecule has 2 rings (SSSR count). The van der Waals surface area contributed by atoms with Crippen LogP contribution in [0.1, 0.15) is 43.0 Å². The Labute approximate surface area is 168 Å². The molecule has 0 saturated heterocycles. The lowest BCUT2D eigenvalue weighted by Gasteiger charge is -2.29. The molecule has 0 aliphatic heterocycles. The van der Waals surface area contributed by atoms with E-state index in [0.29, 0.717) is 5.92 Å². The number of nitro groups is 1. The normalized spacial score (nSPS) is 18.4. The second kappa shape index (κ2) is 10.4. The molecule has 1 aliphatic carbocycles. The Morgan fingerprint density at radius 2 is 1.97 bits per heavy atom. The molecule has 1 aromatic rings. The van der Waals surface area contributed by atoms with Crippen LogP contribution in [0.3, 0.4) is 0 Å². The van der Waals surface area contributed by atoms with E-state index in [4.69, 9.17) is 9.47 Å². The summed E-state index contributed by atoms with van der Waals surface area (Å²) in [6.45, 7) is 1.19. The minimum Gasteiger partial charge on any atom is -0.490 e. The number of amides is 2. The number of nitrogens with zero attached hydrogens (tertiary/aromatic N) is 1. The summed E-state index contributed by atoms with van der Waals surface area (Å²) >= 11 is 0. The zero-order valence-corrected chi connectivity index (χ0v) is 16.4. The monoisotopic (exact) mass is 407 g/mol. The molecule has 10 nitrogen and oxygen atoms in total. The van der Waals surface area contributed by atoms with E-state index in [-0.39, 0.29) is 28.9 Å². The van der Waals surface area contributed by atoms with Crippen molar-refractivity contribution in [3.8, 4) is 5.75 Å². The zero-order valence-electron chi connectivity index (χ0n) is 16.4. The summed E-state index contributed by atoms with van der Waals surface area (Å²) in [6.07, 6.45) is 4.18. The highest BCUT2D eigenvalue weighted by Crippen LogP contribution is 2.27. The Morgan fingerprint density at radius 1 is 1.24 bits per heavy atom. The standard InChI is InChI=1S/C19H25N3O7/c1-12-5-3-4-6-14(12)21-17(23)11-29-18(24)10-20-19(25)13-7-8-16(28-2)15(9-13)22(26)27/h7-9,12,14H,3-6,10-11H2,1-2H3,(H,20,25)(H,21,23)/t12-,14-/m1/s1. The van der Waals surface area contributed by atoms with Crippen molar-refractivity contribution in [2.75, 3.05) is 20.3 Å². The van der Waals surface area contributed by atoms with E-state index in [9.17, 15) is 24.5 Å². The maximum Gasteiger partial charge on any atom is 0.325 e. The van der Waals surface area contributed by atoms with Gasteiger partial charge in [0.2, 0.25) is 0 Å². The Morgan fingerprint density at radius 3 is 2.62 bits per heavy atom. The Hall–Kier alpha value is -3.17. The van der Waals surface area contributed by atoms with Crippen LogP contribution < -0.4 is 15.4 Å². The Bertz CT molecular complexity index is 781. The number of carbonyl (C=O) groups excluding carboxylic acids is 3. The van der Waals surface area contributed by atoms with Gasteiger partial charge in [-0.25, -0.2) is 0 Å². The van der Waals surface area contributed by atoms with Crippen molar-refractivity contribution >= 4 is 23.5 Å². The van der Waals surface area contributed by atoms with Crippen LogP contribution in [0.5, 0.6) is 5.75 Å². The first kappa shape index (κ1) is 22.1. The van der Waals surface area contributed by atoms with Crippen molar-refractivity contribution in [2.24, 2.45) is 5.92 Å². The summed E-state index contributed by atoms with van der Waals surface area (Å²) in [6, 6.07) is 3.77. The lowest BCUT2D eigenvalue weighted by atomic mass is 9.86. The van der Waals surface area contributed by atoms with Crippen LogP contribution in [0.15, 0.2) is 18.2 Å². The van der Waals surface area contributed by atoms with E-state index in [2.05, 4.69) is 17.6 Å². The quantitative estimate of drug-likeness (QED) is 0.379. The summed E-state index contributed by atoms with van der Waals surface area (Å²) in [5.41, 5.74) is -0.370. The van der Waals surface area contributed by atoms with Gasteiger partial charge in [0, 0.05) is 17.7 Å². The highest BCUT2D eigenvalue weighted by molar-refractivity contribution is 5.96.